The highest BCUT2D eigenvalue weighted by molar-refractivity contribution is 5.84. The fourth-order valence-corrected chi connectivity index (χ4v) is 1.36. The summed E-state index contributed by atoms with van der Waals surface area (Å²) in [5.41, 5.74) is 11.7. The van der Waals surface area contributed by atoms with E-state index in [2.05, 4.69) is 4.98 Å². The zero-order valence-corrected chi connectivity index (χ0v) is 9.37. The lowest BCUT2D eigenvalue weighted by Gasteiger charge is -2.08. The van der Waals surface area contributed by atoms with Crippen molar-refractivity contribution in [3.8, 4) is 0 Å². The minimum absolute atomic E-state index is 0.110. The smallest absolute Gasteiger partial charge is 0.303 e. The number of carbonyl (C=O) groups excluding carboxylic acids is 1. The van der Waals surface area contributed by atoms with Crippen LogP contribution in [0.15, 0.2) is 12.5 Å². The Morgan fingerprint density at radius 1 is 1.53 bits per heavy atom. The molecule has 0 fully saturated rings. The third-order valence-electron chi connectivity index (χ3n) is 2.28. The van der Waals surface area contributed by atoms with E-state index in [1.54, 1.807) is 6.20 Å². The van der Waals surface area contributed by atoms with E-state index in [-0.39, 0.29) is 18.7 Å². The second kappa shape index (κ2) is 6.12. The third-order valence-corrected chi connectivity index (χ3v) is 2.28. The van der Waals surface area contributed by atoms with Crippen molar-refractivity contribution in [2.24, 2.45) is 11.5 Å². The molecule has 1 heterocycles. The van der Waals surface area contributed by atoms with Gasteiger partial charge in [-0.25, -0.2) is 4.98 Å². The number of hydrogen-bond acceptors (Lipinski definition) is 5. The van der Waals surface area contributed by atoms with Gasteiger partial charge in [-0.1, -0.05) is 0 Å². The van der Waals surface area contributed by atoms with E-state index < -0.39 is 12.0 Å². The predicted octanol–water partition coefficient (Wildman–Crippen LogP) is -0.783. The first-order valence-corrected chi connectivity index (χ1v) is 5.29. The van der Waals surface area contributed by atoms with E-state index in [0.717, 1.165) is 0 Å². The van der Waals surface area contributed by atoms with Crippen LogP contribution in [-0.4, -0.2) is 39.1 Å². The second-order valence-electron chi connectivity index (χ2n) is 3.69. The van der Waals surface area contributed by atoms with Gasteiger partial charge in [-0.15, -0.1) is 0 Å². The van der Waals surface area contributed by atoms with Crippen molar-refractivity contribution in [1.29, 1.82) is 0 Å². The fraction of sp³-hybridized carbons (Fsp3) is 0.500. The summed E-state index contributed by atoms with van der Waals surface area (Å²) in [6.45, 7) is 0.455. The van der Waals surface area contributed by atoms with E-state index in [1.807, 2.05) is 0 Å². The molecule has 17 heavy (non-hydrogen) atoms. The molecule has 5 N–H and O–H groups in total. The molecule has 0 aliphatic heterocycles. The van der Waals surface area contributed by atoms with Gasteiger partial charge in [0.2, 0.25) is 5.91 Å². The molecule has 1 aromatic heterocycles. The number of rotatable bonds is 6. The van der Waals surface area contributed by atoms with Crippen LogP contribution in [0.2, 0.25) is 0 Å². The van der Waals surface area contributed by atoms with Crippen LogP contribution in [0.1, 0.15) is 23.3 Å². The molecule has 1 atom stereocenters. The van der Waals surface area contributed by atoms with Crippen LogP contribution in [0.4, 0.5) is 0 Å². The van der Waals surface area contributed by atoms with Crippen molar-refractivity contribution in [2.45, 2.75) is 25.3 Å². The maximum atomic E-state index is 11.7. The van der Waals surface area contributed by atoms with Gasteiger partial charge < -0.3 is 16.6 Å². The largest absolute Gasteiger partial charge is 0.481 e. The van der Waals surface area contributed by atoms with Gasteiger partial charge in [-0.3, -0.25) is 14.2 Å². The summed E-state index contributed by atoms with van der Waals surface area (Å²) in [7, 11) is 0. The van der Waals surface area contributed by atoms with Crippen molar-refractivity contribution < 1.29 is 14.7 Å². The van der Waals surface area contributed by atoms with Crippen LogP contribution in [0, 0.1) is 0 Å². The van der Waals surface area contributed by atoms with Gasteiger partial charge in [-0.2, -0.15) is 0 Å². The molecule has 0 saturated heterocycles. The molecular formula is C10H16N4O3. The first kappa shape index (κ1) is 13.3. The Balaban J connectivity index is 2.58. The van der Waals surface area contributed by atoms with Gasteiger partial charge in [0.15, 0.2) is 0 Å². The fourth-order valence-electron chi connectivity index (χ4n) is 1.36. The highest BCUT2D eigenvalue weighted by Crippen LogP contribution is 2.02. The Bertz CT molecular complexity index is 402. The number of aliphatic carboxylic acids is 1. The molecule has 0 saturated carbocycles. The van der Waals surface area contributed by atoms with Crippen LogP contribution in [-0.2, 0) is 11.2 Å². The maximum absolute atomic E-state index is 11.7. The van der Waals surface area contributed by atoms with E-state index in [1.165, 1.54) is 10.9 Å². The number of imidazole rings is 1. The summed E-state index contributed by atoms with van der Waals surface area (Å²) in [5, 5.41) is 8.49. The van der Waals surface area contributed by atoms with Crippen molar-refractivity contribution >= 4 is 11.9 Å². The van der Waals surface area contributed by atoms with Gasteiger partial charge >= 0.3 is 5.97 Å². The van der Waals surface area contributed by atoms with E-state index >= 15 is 0 Å². The average molecular weight is 240 g/mol. The van der Waals surface area contributed by atoms with Crippen LogP contribution >= 0.6 is 0 Å². The molecule has 0 aliphatic rings. The third kappa shape index (κ3) is 3.97. The second-order valence-corrected chi connectivity index (χ2v) is 3.69. The summed E-state index contributed by atoms with van der Waals surface area (Å²) in [4.78, 5) is 26.1. The standard InChI is InChI=1S/C10H16N4O3/c11-4-3-7-5-14(6-13-7)10(17)8(12)1-2-9(15)16/h5-6,8H,1-4,11-12H2,(H,15,16)/t8-/m0/s1. The summed E-state index contributed by atoms with van der Waals surface area (Å²) < 4.78 is 1.28. The van der Waals surface area contributed by atoms with Crippen molar-refractivity contribution in [1.82, 2.24) is 9.55 Å². The SMILES string of the molecule is NCCc1cn(C(=O)[C@@H](N)CCC(=O)O)cn1. The summed E-state index contributed by atoms with van der Waals surface area (Å²) in [6.07, 6.45) is 3.50. The maximum Gasteiger partial charge on any atom is 0.303 e. The van der Waals surface area contributed by atoms with Gasteiger partial charge in [-0.05, 0) is 13.0 Å². The van der Waals surface area contributed by atoms with Crippen LogP contribution in [0.25, 0.3) is 0 Å². The molecule has 0 radical (unpaired) electrons. The monoisotopic (exact) mass is 240 g/mol. The van der Waals surface area contributed by atoms with Gasteiger partial charge in [0.25, 0.3) is 0 Å². The van der Waals surface area contributed by atoms with E-state index in [9.17, 15) is 9.59 Å². The topological polar surface area (TPSA) is 124 Å². The Hall–Kier alpha value is -1.73. The number of nitrogens with two attached hydrogens (primary N) is 2. The first-order valence-electron chi connectivity index (χ1n) is 5.29. The molecular weight excluding hydrogens is 224 g/mol. The van der Waals surface area contributed by atoms with Gasteiger partial charge in [0, 0.05) is 19.0 Å². The minimum Gasteiger partial charge on any atom is -0.481 e. The molecule has 0 spiro atoms. The summed E-state index contributed by atoms with van der Waals surface area (Å²) >= 11 is 0. The molecule has 7 heteroatoms. The average Bonchev–Trinajstić information content (AvgIpc) is 2.74. The van der Waals surface area contributed by atoms with Crippen LogP contribution in [0.3, 0.4) is 0 Å². The lowest BCUT2D eigenvalue weighted by molar-refractivity contribution is -0.137. The van der Waals surface area contributed by atoms with Gasteiger partial charge in [0.1, 0.15) is 6.33 Å². The van der Waals surface area contributed by atoms with Crippen molar-refractivity contribution in [3.05, 3.63) is 18.2 Å². The normalized spacial score (nSPS) is 12.4. The summed E-state index contributed by atoms with van der Waals surface area (Å²) in [6, 6.07) is -0.828. The highest BCUT2D eigenvalue weighted by Gasteiger charge is 2.17. The van der Waals surface area contributed by atoms with Crippen LogP contribution in [0.5, 0.6) is 0 Å². The molecule has 0 aromatic carbocycles. The zero-order valence-electron chi connectivity index (χ0n) is 9.37. The molecule has 94 valence electrons. The molecule has 0 amide bonds. The zero-order chi connectivity index (χ0) is 12.8. The number of carboxylic acid groups (broad SMARTS) is 1. The molecule has 0 unspecified atom stereocenters. The Kier molecular flexibility index (Phi) is 4.80. The molecule has 0 bridgehead atoms. The molecule has 7 nitrogen and oxygen atoms in total. The predicted molar refractivity (Wildman–Crippen MR) is 60.5 cm³/mol. The Labute approximate surface area is 98.4 Å². The van der Waals surface area contributed by atoms with Gasteiger partial charge in [0.05, 0.1) is 11.7 Å². The number of hydrogen-bond donors (Lipinski definition) is 3. The number of aromatic nitrogens is 2. The molecule has 1 rings (SSSR count). The number of carbonyl (C=O) groups is 2. The van der Waals surface area contributed by atoms with E-state index in [4.69, 9.17) is 16.6 Å². The lowest BCUT2D eigenvalue weighted by Crippen LogP contribution is -2.34. The van der Waals surface area contributed by atoms with Crippen molar-refractivity contribution in [3.63, 3.8) is 0 Å². The van der Waals surface area contributed by atoms with E-state index in [0.29, 0.717) is 18.7 Å². The molecule has 0 aliphatic carbocycles. The molecule has 1 aromatic rings. The highest BCUT2D eigenvalue weighted by atomic mass is 16.4. The lowest BCUT2D eigenvalue weighted by atomic mass is 10.1. The number of carboxylic acids is 1. The van der Waals surface area contributed by atoms with Crippen LogP contribution < -0.4 is 11.5 Å². The minimum atomic E-state index is -0.970. The Morgan fingerprint density at radius 3 is 2.82 bits per heavy atom. The summed E-state index contributed by atoms with van der Waals surface area (Å²) in [5.74, 6) is -1.33. The van der Waals surface area contributed by atoms with Crippen molar-refractivity contribution in [2.75, 3.05) is 6.54 Å². The first-order chi connectivity index (χ1) is 8.04. The number of nitrogens with zero attached hydrogens (tertiary/aromatic N) is 2. The Morgan fingerprint density at radius 2 is 2.24 bits per heavy atom. The quantitative estimate of drug-likeness (QED) is 0.599.